The molecule has 0 fully saturated rings. The van der Waals surface area contributed by atoms with E-state index in [2.05, 4.69) is 32.3 Å². The maximum atomic E-state index is 12.7. The molecule has 0 atom stereocenters. The van der Waals surface area contributed by atoms with Gasteiger partial charge >= 0.3 is 0 Å². The van der Waals surface area contributed by atoms with E-state index >= 15 is 0 Å². The van der Waals surface area contributed by atoms with E-state index in [-0.39, 0.29) is 11.4 Å². The summed E-state index contributed by atoms with van der Waals surface area (Å²) in [6.45, 7) is 8.30. The maximum Gasteiger partial charge on any atom is 0.270 e. The highest BCUT2D eigenvalue weighted by atomic mass is 16.2. The van der Waals surface area contributed by atoms with E-state index in [9.17, 15) is 4.79 Å². The summed E-state index contributed by atoms with van der Waals surface area (Å²) < 4.78 is 0. The van der Waals surface area contributed by atoms with Crippen molar-refractivity contribution in [2.24, 2.45) is 0 Å². The molecule has 0 aliphatic rings. The molecule has 3 rings (SSSR count). The molecule has 0 radical (unpaired) electrons. The first kappa shape index (κ1) is 19.5. The highest BCUT2D eigenvalue weighted by molar-refractivity contribution is 5.93. The molecule has 0 saturated heterocycles. The smallest absolute Gasteiger partial charge is 0.270 e. The van der Waals surface area contributed by atoms with Crippen LogP contribution in [0.5, 0.6) is 0 Å². The van der Waals surface area contributed by atoms with Crippen molar-refractivity contribution < 1.29 is 4.79 Å². The van der Waals surface area contributed by atoms with Gasteiger partial charge in [-0.2, -0.15) is 0 Å². The largest absolute Gasteiger partial charge is 0.346 e. The number of para-hydroxylation sites is 1. The Morgan fingerprint density at radius 1 is 0.964 bits per heavy atom. The van der Waals surface area contributed by atoms with Crippen LogP contribution in [0.3, 0.4) is 0 Å². The Morgan fingerprint density at radius 3 is 2.18 bits per heavy atom. The SMILES string of the molecule is Cc1nc(C(=O)NC(C)(C)C)cc(N(Cc2ccccc2)c2ccccc2)n1. The first-order chi connectivity index (χ1) is 13.3. The lowest BCUT2D eigenvalue weighted by Gasteiger charge is -2.25. The van der Waals surface area contributed by atoms with E-state index in [1.54, 1.807) is 6.07 Å². The predicted molar refractivity (Wildman–Crippen MR) is 113 cm³/mol. The Kier molecular flexibility index (Phi) is 5.73. The third kappa shape index (κ3) is 5.16. The van der Waals surface area contributed by atoms with Gasteiger partial charge in [0.05, 0.1) is 0 Å². The summed E-state index contributed by atoms with van der Waals surface area (Å²) >= 11 is 0. The van der Waals surface area contributed by atoms with Crippen LogP contribution in [0.25, 0.3) is 0 Å². The number of carbonyl (C=O) groups is 1. The van der Waals surface area contributed by atoms with E-state index in [0.717, 1.165) is 11.3 Å². The number of hydrogen-bond acceptors (Lipinski definition) is 4. The molecule has 0 aliphatic heterocycles. The van der Waals surface area contributed by atoms with Gasteiger partial charge < -0.3 is 10.2 Å². The van der Waals surface area contributed by atoms with Crippen molar-refractivity contribution in [3.63, 3.8) is 0 Å². The molecule has 3 aromatic rings. The van der Waals surface area contributed by atoms with Crippen LogP contribution in [-0.2, 0) is 6.54 Å². The van der Waals surface area contributed by atoms with Crippen molar-refractivity contribution >= 4 is 17.4 Å². The second kappa shape index (κ2) is 8.21. The van der Waals surface area contributed by atoms with Crippen LogP contribution >= 0.6 is 0 Å². The monoisotopic (exact) mass is 374 g/mol. The number of aryl methyl sites for hydroxylation is 1. The van der Waals surface area contributed by atoms with E-state index in [1.165, 1.54) is 0 Å². The zero-order valence-electron chi connectivity index (χ0n) is 16.8. The highest BCUT2D eigenvalue weighted by Gasteiger charge is 2.20. The Morgan fingerprint density at radius 2 is 1.57 bits per heavy atom. The average Bonchev–Trinajstić information content (AvgIpc) is 2.66. The topological polar surface area (TPSA) is 58.1 Å². The fourth-order valence-corrected chi connectivity index (χ4v) is 2.89. The molecule has 1 amide bonds. The van der Waals surface area contributed by atoms with Crippen LogP contribution in [0.15, 0.2) is 66.7 Å². The molecule has 1 aromatic heterocycles. The van der Waals surface area contributed by atoms with Crippen LogP contribution in [0.1, 0.15) is 42.6 Å². The maximum absolute atomic E-state index is 12.7. The number of nitrogens with zero attached hydrogens (tertiary/aromatic N) is 3. The second-order valence-corrected chi connectivity index (χ2v) is 7.77. The number of hydrogen-bond donors (Lipinski definition) is 1. The normalized spacial score (nSPS) is 11.1. The van der Waals surface area contributed by atoms with Crippen LogP contribution in [0, 0.1) is 6.92 Å². The zero-order chi connectivity index (χ0) is 20.1. The number of amides is 1. The lowest BCUT2D eigenvalue weighted by Crippen LogP contribution is -2.41. The minimum atomic E-state index is -0.334. The summed E-state index contributed by atoms with van der Waals surface area (Å²) in [6, 6.07) is 22.0. The minimum Gasteiger partial charge on any atom is -0.346 e. The van der Waals surface area contributed by atoms with Crippen molar-refractivity contribution in [3.05, 3.63) is 83.8 Å². The number of anilines is 2. The second-order valence-electron chi connectivity index (χ2n) is 7.77. The number of carbonyl (C=O) groups excluding carboxylic acids is 1. The molecule has 0 saturated carbocycles. The van der Waals surface area contributed by atoms with E-state index in [0.29, 0.717) is 23.9 Å². The number of nitrogens with one attached hydrogen (secondary N) is 1. The minimum absolute atomic E-state index is 0.202. The fourth-order valence-electron chi connectivity index (χ4n) is 2.89. The highest BCUT2D eigenvalue weighted by Crippen LogP contribution is 2.26. The van der Waals surface area contributed by atoms with Crippen molar-refractivity contribution in [2.45, 2.75) is 39.8 Å². The van der Waals surface area contributed by atoms with Gasteiger partial charge in [-0.15, -0.1) is 0 Å². The van der Waals surface area contributed by atoms with Crippen molar-refractivity contribution in [1.29, 1.82) is 0 Å². The van der Waals surface area contributed by atoms with Gasteiger partial charge in [0.2, 0.25) is 0 Å². The molecule has 0 aliphatic carbocycles. The van der Waals surface area contributed by atoms with Gasteiger partial charge in [0.15, 0.2) is 0 Å². The molecule has 1 heterocycles. The summed E-state index contributed by atoms with van der Waals surface area (Å²) in [6.07, 6.45) is 0. The van der Waals surface area contributed by atoms with Gasteiger partial charge in [-0.25, -0.2) is 9.97 Å². The summed E-state index contributed by atoms with van der Waals surface area (Å²) in [5.74, 6) is 1.05. The number of rotatable bonds is 5. The molecule has 5 heteroatoms. The van der Waals surface area contributed by atoms with Gasteiger partial charge in [0.1, 0.15) is 17.3 Å². The number of aromatic nitrogens is 2. The summed E-state index contributed by atoms with van der Waals surface area (Å²) in [4.78, 5) is 23.7. The Labute approximate surface area is 166 Å². The van der Waals surface area contributed by atoms with E-state index in [4.69, 9.17) is 0 Å². The molecule has 0 spiro atoms. The third-order valence-corrected chi connectivity index (χ3v) is 4.07. The van der Waals surface area contributed by atoms with E-state index < -0.39 is 0 Å². The molecule has 28 heavy (non-hydrogen) atoms. The van der Waals surface area contributed by atoms with Crippen molar-refractivity contribution in [1.82, 2.24) is 15.3 Å². The lowest BCUT2D eigenvalue weighted by molar-refractivity contribution is 0.0914. The van der Waals surface area contributed by atoms with Gasteiger partial charge in [0.25, 0.3) is 5.91 Å². The number of benzene rings is 2. The Balaban J connectivity index is 2.01. The van der Waals surface area contributed by atoms with E-state index in [1.807, 2.05) is 76.2 Å². The molecule has 144 valence electrons. The molecule has 0 bridgehead atoms. The standard InChI is InChI=1S/C23H26N4O/c1-17-24-20(22(28)26-23(2,3)4)15-21(25-17)27(19-13-9-6-10-14-19)16-18-11-7-5-8-12-18/h5-15H,16H2,1-4H3,(H,26,28). The molecular formula is C23H26N4O. The molecule has 0 unspecified atom stereocenters. The van der Waals surface area contributed by atoms with Gasteiger partial charge in [-0.1, -0.05) is 48.5 Å². The summed E-state index contributed by atoms with van der Waals surface area (Å²) in [7, 11) is 0. The molecular weight excluding hydrogens is 348 g/mol. The van der Waals surface area contributed by atoms with Gasteiger partial charge in [0, 0.05) is 23.8 Å². The van der Waals surface area contributed by atoms with Crippen LogP contribution in [-0.4, -0.2) is 21.4 Å². The summed E-state index contributed by atoms with van der Waals surface area (Å²) in [5, 5.41) is 2.97. The molecule has 2 aromatic carbocycles. The third-order valence-electron chi connectivity index (χ3n) is 4.07. The quantitative estimate of drug-likeness (QED) is 0.706. The Bertz CT molecular complexity index is 934. The lowest BCUT2D eigenvalue weighted by atomic mass is 10.1. The zero-order valence-corrected chi connectivity index (χ0v) is 16.8. The fraction of sp³-hybridized carbons (Fsp3) is 0.261. The Hall–Kier alpha value is -3.21. The van der Waals surface area contributed by atoms with Gasteiger partial charge in [-0.05, 0) is 45.4 Å². The summed E-state index contributed by atoms with van der Waals surface area (Å²) in [5.41, 5.74) is 2.19. The first-order valence-electron chi connectivity index (χ1n) is 9.36. The van der Waals surface area contributed by atoms with Crippen molar-refractivity contribution in [2.75, 3.05) is 4.90 Å². The van der Waals surface area contributed by atoms with Crippen LogP contribution in [0.2, 0.25) is 0 Å². The van der Waals surface area contributed by atoms with Crippen LogP contribution < -0.4 is 10.2 Å². The van der Waals surface area contributed by atoms with Crippen LogP contribution in [0.4, 0.5) is 11.5 Å². The molecule has 1 N–H and O–H groups in total. The average molecular weight is 374 g/mol. The van der Waals surface area contributed by atoms with Crippen molar-refractivity contribution in [3.8, 4) is 0 Å². The first-order valence-corrected chi connectivity index (χ1v) is 9.36. The predicted octanol–water partition coefficient (Wildman–Crippen LogP) is 4.65. The van der Waals surface area contributed by atoms with Gasteiger partial charge in [-0.3, -0.25) is 4.79 Å². The molecule has 5 nitrogen and oxygen atoms in total.